The number of hydrogen-bond donors (Lipinski definition) is 0. The smallest absolute Gasteiger partial charge is 0 e. The van der Waals surface area contributed by atoms with Gasteiger partial charge in [-0.3, -0.25) is 0 Å². The molecule has 0 radical (unpaired) electrons. The van der Waals surface area contributed by atoms with Crippen LogP contribution in [0.15, 0.2) is 0 Å². The molecule has 0 rings (SSSR count). The molecule has 4 heteroatoms. The average Bonchev–Trinajstić information content (AvgIpc) is 0.918. The molecule has 0 aliphatic rings. The Balaban J connectivity index is 0. The second-order valence-corrected chi connectivity index (χ2v) is 1.68. The molecule has 0 aromatic heterocycles. The molecule has 0 aliphatic carbocycles. The minimum absolute atomic E-state index is 0. The number of halogens is 2. The molecule has 0 saturated heterocycles. The Morgan fingerprint density at radius 1 is 1.25 bits per heavy atom. The van der Waals surface area contributed by atoms with Gasteiger partial charge in [0.1, 0.15) is 0 Å². The van der Waals surface area contributed by atoms with E-state index in [1.807, 2.05) is 0 Å². The fraction of sp³-hybridized carbons (Fsp3) is 0. The standard InChI is InChI=1S/2ClH.Mo.Ni/h2*1H;;/q;;;+2/p-2. The predicted molar refractivity (Wildman–Crippen MR) is 11.7 cm³/mol. The SMILES string of the molecule is [Cl][Ni][Cl].[Mo]. The summed E-state index contributed by atoms with van der Waals surface area (Å²) >= 11 is 0.569. The summed E-state index contributed by atoms with van der Waals surface area (Å²) in [5.74, 6) is 0. The first-order valence-corrected chi connectivity index (χ1v) is 2.96. The molecule has 0 nitrogen and oxygen atoms in total. The molecule has 0 aliphatic heterocycles. The minimum Gasteiger partial charge on any atom is 0 e. The van der Waals surface area contributed by atoms with Crippen LogP contribution in [0.5, 0.6) is 0 Å². The van der Waals surface area contributed by atoms with Crippen molar-refractivity contribution in [2.75, 3.05) is 0 Å². The van der Waals surface area contributed by atoms with Gasteiger partial charge in [-0.1, -0.05) is 0 Å². The van der Waals surface area contributed by atoms with Crippen molar-refractivity contribution < 1.29 is 33.7 Å². The summed E-state index contributed by atoms with van der Waals surface area (Å²) in [6, 6.07) is 0. The second kappa shape index (κ2) is 8.83. The molecule has 0 amide bonds. The fourth-order valence-electron chi connectivity index (χ4n) is 0. The van der Waals surface area contributed by atoms with Gasteiger partial charge >= 0.3 is 33.0 Å². The van der Waals surface area contributed by atoms with Gasteiger partial charge in [0, 0.05) is 21.1 Å². The zero-order valence-electron chi connectivity index (χ0n) is 1.48. The van der Waals surface area contributed by atoms with Crippen LogP contribution < -0.4 is 0 Å². The van der Waals surface area contributed by atoms with E-state index in [0.717, 1.165) is 0 Å². The number of hydrogen-bond acceptors (Lipinski definition) is 0. The van der Waals surface area contributed by atoms with Crippen LogP contribution in [0.1, 0.15) is 0 Å². The topological polar surface area (TPSA) is 0 Å². The van der Waals surface area contributed by atoms with Crippen molar-refractivity contribution in [2.24, 2.45) is 0 Å². The third-order valence-electron chi connectivity index (χ3n) is 0. The third kappa shape index (κ3) is 9.24. The van der Waals surface area contributed by atoms with E-state index in [1.54, 1.807) is 0 Å². The maximum Gasteiger partial charge on any atom is 0 e. The Labute approximate surface area is 53.8 Å². The minimum atomic E-state index is 0. The summed E-state index contributed by atoms with van der Waals surface area (Å²) in [5, 5.41) is 0. The molecule has 0 bridgehead atoms. The van der Waals surface area contributed by atoms with Gasteiger partial charge < -0.3 is 0 Å². The van der Waals surface area contributed by atoms with Crippen molar-refractivity contribution in [1.29, 1.82) is 0 Å². The molecule has 0 aromatic carbocycles. The van der Waals surface area contributed by atoms with Crippen LogP contribution in [0, 0.1) is 0 Å². The molecule has 0 spiro atoms. The zero-order valence-corrected chi connectivity index (χ0v) is 5.99. The van der Waals surface area contributed by atoms with E-state index < -0.39 is 0 Å². The van der Waals surface area contributed by atoms with Gasteiger partial charge in [0.25, 0.3) is 0 Å². The van der Waals surface area contributed by atoms with E-state index in [9.17, 15) is 0 Å². The molecule has 0 aromatic rings. The van der Waals surface area contributed by atoms with E-state index in [2.05, 4.69) is 0 Å². The molecule has 0 atom stereocenters. The van der Waals surface area contributed by atoms with Crippen LogP contribution in [0.25, 0.3) is 0 Å². The molecule has 0 unspecified atom stereocenters. The molecule has 0 heterocycles. The van der Waals surface area contributed by atoms with Crippen molar-refractivity contribution in [2.45, 2.75) is 0 Å². The Morgan fingerprint density at radius 3 is 1.25 bits per heavy atom. The molecular weight excluding hydrogens is 226 g/mol. The average molecular weight is 226 g/mol. The maximum atomic E-state index is 4.70. The van der Waals surface area contributed by atoms with Gasteiger partial charge in [-0.15, -0.1) is 0 Å². The van der Waals surface area contributed by atoms with E-state index in [4.69, 9.17) is 20.4 Å². The Bertz CT molecular complexity index is 6.00. The van der Waals surface area contributed by atoms with Gasteiger partial charge in [0.2, 0.25) is 0 Å². The quantitative estimate of drug-likeness (QED) is 0.547. The van der Waals surface area contributed by atoms with Gasteiger partial charge in [0.15, 0.2) is 0 Å². The van der Waals surface area contributed by atoms with Gasteiger partial charge in [0.05, 0.1) is 0 Å². The molecule has 0 fully saturated rings. The van der Waals surface area contributed by atoms with Crippen LogP contribution in [0.4, 0.5) is 0 Å². The van der Waals surface area contributed by atoms with Gasteiger partial charge in [-0.25, -0.2) is 0 Å². The maximum absolute atomic E-state index is 4.70. The normalized spacial score (nSPS) is 5.50. The van der Waals surface area contributed by atoms with Gasteiger partial charge in [-0.05, 0) is 0 Å². The first-order chi connectivity index (χ1) is 1.41. The summed E-state index contributed by atoms with van der Waals surface area (Å²) in [6.07, 6.45) is 0. The van der Waals surface area contributed by atoms with Crippen LogP contribution in [-0.2, 0) is 33.7 Å². The monoisotopic (exact) mass is 226 g/mol. The first-order valence-electron chi connectivity index (χ1n) is 0.239. The Kier molecular flexibility index (Phi) is 20.4. The van der Waals surface area contributed by atoms with Crippen molar-refractivity contribution in [3.63, 3.8) is 0 Å². The van der Waals surface area contributed by atoms with Crippen molar-refractivity contribution in [3.05, 3.63) is 0 Å². The Morgan fingerprint density at radius 2 is 1.25 bits per heavy atom. The summed E-state index contributed by atoms with van der Waals surface area (Å²) in [7, 11) is 9.40. The van der Waals surface area contributed by atoms with E-state index in [-0.39, 0.29) is 21.1 Å². The fourth-order valence-corrected chi connectivity index (χ4v) is 0. The van der Waals surface area contributed by atoms with Crippen molar-refractivity contribution in [3.8, 4) is 0 Å². The summed E-state index contributed by atoms with van der Waals surface area (Å²) < 4.78 is 0. The largest absolute Gasteiger partial charge is 0 e. The van der Waals surface area contributed by atoms with E-state index in [1.165, 1.54) is 0 Å². The van der Waals surface area contributed by atoms with Crippen molar-refractivity contribution in [1.82, 2.24) is 0 Å². The third-order valence-corrected chi connectivity index (χ3v) is 0. The summed E-state index contributed by atoms with van der Waals surface area (Å²) in [5.41, 5.74) is 0. The predicted octanol–water partition coefficient (Wildman–Crippen LogP) is 1.37. The van der Waals surface area contributed by atoms with Crippen LogP contribution in [-0.4, -0.2) is 0 Å². The van der Waals surface area contributed by atoms with Crippen molar-refractivity contribution >= 4 is 20.4 Å². The first kappa shape index (κ1) is 9.23. The van der Waals surface area contributed by atoms with Crippen LogP contribution >= 0.6 is 20.4 Å². The second-order valence-electron chi connectivity index (χ2n) is 0.0452. The molecule has 30 valence electrons. The molecule has 4 heavy (non-hydrogen) atoms. The zero-order chi connectivity index (χ0) is 2.71. The molecule has 0 saturated carbocycles. The summed E-state index contributed by atoms with van der Waals surface area (Å²) in [6.45, 7) is 0. The van der Waals surface area contributed by atoms with Crippen LogP contribution in [0.3, 0.4) is 0 Å². The van der Waals surface area contributed by atoms with E-state index >= 15 is 0 Å². The van der Waals surface area contributed by atoms with Gasteiger partial charge in [-0.2, -0.15) is 0 Å². The summed E-state index contributed by atoms with van der Waals surface area (Å²) in [4.78, 5) is 0. The molecular formula is Cl2MoNi. The van der Waals surface area contributed by atoms with Crippen LogP contribution in [0.2, 0.25) is 0 Å². The molecule has 0 N–H and O–H groups in total. The Hall–Kier alpha value is 1.76. The number of rotatable bonds is 0. The van der Waals surface area contributed by atoms with E-state index in [0.29, 0.717) is 12.7 Å².